The summed E-state index contributed by atoms with van der Waals surface area (Å²) in [7, 11) is 0. The zero-order chi connectivity index (χ0) is 9.56. The van der Waals surface area contributed by atoms with Gasteiger partial charge in [-0.1, -0.05) is 0 Å². The number of aromatic nitrogens is 2. The summed E-state index contributed by atoms with van der Waals surface area (Å²) in [6.45, 7) is 1.61. The second-order valence-corrected chi connectivity index (χ2v) is 2.35. The molecule has 0 aliphatic heterocycles. The Morgan fingerprint density at radius 2 is 2.25 bits per heavy atom. The van der Waals surface area contributed by atoms with Crippen LogP contribution in [0.5, 0.6) is 0 Å². The minimum atomic E-state index is -0.250. The summed E-state index contributed by atoms with van der Waals surface area (Å²) in [5.74, 6) is 0. The van der Waals surface area contributed by atoms with E-state index in [0.29, 0.717) is 5.15 Å². The molecule has 0 saturated heterocycles. The summed E-state index contributed by atoms with van der Waals surface area (Å²) in [4.78, 5) is 16.3. The Balaban J connectivity index is 0.000000354. The van der Waals surface area contributed by atoms with Gasteiger partial charge in [-0.25, -0.2) is 0 Å². The predicted molar refractivity (Wildman–Crippen MR) is 45.9 cm³/mol. The minimum absolute atomic E-state index is 0.250. The van der Waals surface area contributed by atoms with E-state index in [2.05, 4.69) is 9.97 Å². The summed E-state index contributed by atoms with van der Waals surface area (Å²) >= 11 is 7.47. The van der Waals surface area contributed by atoms with Crippen molar-refractivity contribution in [3.05, 3.63) is 17.0 Å². The molecular formula is C6H6ClLiN2O2. The van der Waals surface area contributed by atoms with Crippen molar-refractivity contribution >= 4 is 40.2 Å². The fourth-order valence-electron chi connectivity index (χ4n) is 0.508. The van der Waals surface area contributed by atoms with Gasteiger partial charge in [0.25, 0.3) is 6.47 Å². The van der Waals surface area contributed by atoms with Crippen molar-refractivity contribution in [2.45, 2.75) is 6.92 Å². The third-order valence-corrected chi connectivity index (χ3v) is 1.38. The van der Waals surface area contributed by atoms with E-state index in [-0.39, 0.29) is 6.47 Å². The van der Waals surface area contributed by atoms with Gasteiger partial charge in [0, 0.05) is 0 Å². The third-order valence-electron chi connectivity index (χ3n) is 1.02. The number of carboxylic acid groups (broad SMARTS) is 1. The van der Waals surface area contributed by atoms with Crippen LogP contribution in [0, 0.1) is 6.92 Å². The van der Waals surface area contributed by atoms with E-state index in [9.17, 15) is 0 Å². The van der Waals surface area contributed by atoms with Crippen LogP contribution in [0.3, 0.4) is 0 Å². The molecule has 1 heterocycles. The molecule has 0 amide bonds. The number of nitrogens with zero attached hydrogens (tertiary/aromatic N) is 2. The van der Waals surface area contributed by atoms with E-state index in [4.69, 9.17) is 21.5 Å². The Bertz CT molecular complexity index is 270. The Morgan fingerprint density at radius 1 is 1.75 bits per heavy atom. The van der Waals surface area contributed by atoms with E-state index < -0.39 is 0 Å². The first-order chi connectivity index (χ1) is 5.61. The fourth-order valence-corrected chi connectivity index (χ4v) is 0.690. The Labute approximate surface area is 84.2 Å². The second kappa shape index (κ2) is 6.01. The van der Waals surface area contributed by atoms with Crippen LogP contribution in [-0.2, 0) is 4.79 Å². The SMILES string of the molecule is O=CO.[Li][c]1ncc(C)nc1Cl. The quantitative estimate of drug-likeness (QED) is 0.449. The fraction of sp³-hybridized carbons (Fsp3) is 0.167. The van der Waals surface area contributed by atoms with Crippen molar-refractivity contribution in [3.63, 3.8) is 0 Å². The van der Waals surface area contributed by atoms with Crippen molar-refractivity contribution in [1.29, 1.82) is 0 Å². The van der Waals surface area contributed by atoms with Gasteiger partial charge in [-0.05, 0) is 0 Å². The van der Waals surface area contributed by atoms with Crippen LogP contribution in [0.1, 0.15) is 5.69 Å². The van der Waals surface area contributed by atoms with Crippen LogP contribution < -0.4 is 4.37 Å². The molecule has 1 aromatic rings. The molecule has 0 saturated carbocycles. The number of rotatable bonds is 0. The molecule has 1 aromatic heterocycles. The molecule has 12 heavy (non-hydrogen) atoms. The first-order valence-corrected chi connectivity index (χ1v) is 3.53. The first kappa shape index (κ1) is 11.4. The molecule has 4 nitrogen and oxygen atoms in total. The molecule has 0 radical (unpaired) electrons. The van der Waals surface area contributed by atoms with Crippen molar-refractivity contribution in [3.8, 4) is 0 Å². The molecule has 6 heteroatoms. The monoisotopic (exact) mass is 180 g/mol. The van der Waals surface area contributed by atoms with E-state index in [0.717, 1.165) is 10.1 Å². The number of hydrogen-bond donors (Lipinski definition) is 1. The average molecular weight is 181 g/mol. The Hall–Kier alpha value is -0.563. The van der Waals surface area contributed by atoms with Crippen molar-refractivity contribution < 1.29 is 9.90 Å². The maximum absolute atomic E-state index is 8.36. The Kier molecular flexibility index (Phi) is 5.73. The zero-order valence-corrected chi connectivity index (χ0v) is 7.54. The predicted octanol–water partition coefficient (Wildman–Crippen LogP) is -0.0670. The standard InChI is InChI=1S/C5H4ClN2.CH2O2.Li/c1-4-2-7-3-5(6)8-4;2-1-3;/h2H,1H3;1H,(H,2,3);. The van der Waals surface area contributed by atoms with E-state index in [1.54, 1.807) is 6.20 Å². The summed E-state index contributed by atoms with van der Waals surface area (Å²) in [6, 6.07) is 0. The van der Waals surface area contributed by atoms with Crippen LogP contribution in [-0.4, -0.2) is 39.3 Å². The topological polar surface area (TPSA) is 63.1 Å². The summed E-state index contributed by atoms with van der Waals surface area (Å²) in [6.07, 6.45) is 1.70. The number of carbonyl (C=O) groups is 1. The number of halogens is 1. The summed E-state index contributed by atoms with van der Waals surface area (Å²) in [5.41, 5.74) is 0.852. The van der Waals surface area contributed by atoms with Crippen LogP contribution in [0.15, 0.2) is 6.20 Å². The molecule has 0 atom stereocenters. The van der Waals surface area contributed by atoms with Crippen molar-refractivity contribution in [2.24, 2.45) is 0 Å². The summed E-state index contributed by atoms with van der Waals surface area (Å²) < 4.78 is 0.780. The molecule has 0 aliphatic carbocycles. The van der Waals surface area contributed by atoms with Gasteiger partial charge in [-0.2, -0.15) is 0 Å². The zero-order valence-electron chi connectivity index (χ0n) is 6.78. The molecule has 1 rings (SSSR count). The van der Waals surface area contributed by atoms with Gasteiger partial charge in [0.1, 0.15) is 0 Å². The van der Waals surface area contributed by atoms with Gasteiger partial charge in [-0.3, -0.25) is 4.79 Å². The van der Waals surface area contributed by atoms with Gasteiger partial charge in [0.15, 0.2) is 0 Å². The molecule has 0 spiro atoms. The molecule has 0 fully saturated rings. The van der Waals surface area contributed by atoms with E-state index in [1.165, 1.54) is 0 Å². The maximum atomic E-state index is 8.36. The first-order valence-electron chi connectivity index (χ1n) is 3.15. The van der Waals surface area contributed by atoms with Gasteiger partial charge in [0.2, 0.25) is 0 Å². The second-order valence-electron chi connectivity index (χ2n) is 1.99. The van der Waals surface area contributed by atoms with Crippen molar-refractivity contribution in [2.75, 3.05) is 0 Å². The molecule has 0 bridgehead atoms. The van der Waals surface area contributed by atoms with Gasteiger partial charge < -0.3 is 5.11 Å². The van der Waals surface area contributed by atoms with Crippen molar-refractivity contribution in [1.82, 2.24) is 9.97 Å². The van der Waals surface area contributed by atoms with Crippen LogP contribution in [0.2, 0.25) is 5.15 Å². The summed E-state index contributed by atoms with van der Waals surface area (Å²) in [5, 5.41) is 7.38. The molecular weight excluding hydrogens is 174 g/mol. The van der Waals surface area contributed by atoms with Gasteiger partial charge in [0.05, 0.1) is 0 Å². The third kappa shape index (κ3) is 4.34. The molecule has 0 unspecified atom stereocenters. The van der Waals surface area contributed by atoms with E-state index in [1.807, 2.05) is 24.6 Å². The van der Waals surface area contributed by atoms with E-state index >= 15 is 0 Å². The van der Waals surface area contributed by atoms with Crippen LogP contribution in [0.4, 0.5) is 0 Å². The van der Waals surface area contributed by atoms with Crippen LogP contribution >= 0.6 is 11.6 Å². The normalized spacial score (nSPS) is 8.33. The number of hydrogen-bond acceptors (Lipinski definition) is 3. The van der Waals surface area contributed by atoms with Crippen LogP contribution in [0.25, 0.3) is 0 Å². The van der Waals surface area contributed by atoms with Gasteiger partial charge in [-0.15, -0.1) is 0 Å². The van der Waals surface area contributed by atoms with Gasteiger partial charge >= 0.3 is 67.6 Å². The molecule has 0 aromatic carbocycles. The number of aryl methyl sites for hydroxylation is 1. The molecule has 0 aliphatic rings. The molecule has 60 valence electrons. The Morgan fingerprint density at radius 3 is 2.58 bits per heavy atom. The molecule has 1 N–H and O–H groups in total. The average Bonchev–Trinajstić information content (AvgIpc) is 1.99.